The third-order valence-corrected chi connectivity index (χ3v) is 2.58. The summed E-state index contributed by atoms with van der Waals surface area (Å²) in [7, 11) is 0. The highest BCUT2D eigenvalue weighted by Gasteiger charge is 2.05. The number of nitrogens with one attached hydrogen (secondary N) is 1. The number of imidazole rings is 1. The lowest BCUT2D eigenvalue weighted by Gasteiger charge is -2.03. The summed E-state index contributed by atoms with van der Waals surface area (Å²) in [6, 6.07) is 2.38. The summed E-state index contributed by atoms with van der Waals surface area (Å²) in [4.78, 5) is 4.34. The van der Waals surface area contributed by atoms with E-state index in [0.29, 0.717) is 6.04 Å². The van der Waals surface area contributed by atoms with E-state index in [0.717, 1.165) is 24.6 Å². The molecule has 5 heteroatoms. The Hall–Kier alpha value is -1.62. The first kappa shape index (κ1) is 11.9. The number of nitrogens with zero attached hydrogens (tertiary/aromatic N) is 4. The normalized spacial score (nSPS) is 11.3. The van der Waals surface area contributed by atoms with Crippen molar-refractivity contribution in [2.45, 2.75) is 33.4 Å². The summed E-state index contributed by atoms with van der Waals surface area (Å²) < 4.78 is 3.89. The van der Waals surface area contributed by atoms with Gasteiger partial charge in [-0.15, -0.1) is 0 Å². The molecule has 0 saturated heterocycles. The van der Waals surface area contributed by atoms with Crippen LogP contribution in [0.2, 0.25) is 0 Å². The van der Waals surface area contributed by atoms with Crippen molar-refractivity contribution in [3.63, 3.8) is 0 Å². The lowest BCUT2D eigenvalue weighted by Crippen LogP contribution is -2.11. The summed E-state index contributed by atoms with van der Waals surface area (Å²) in [5.74, 6) is 0.911. The summed E-state index contributed by atoms with van der Waals surface area (Å²) in [5, 5.41) is 7.74. The van der Waals surface area contributed by atoms with E-state index < -0.39 is 0 Å². The van der Waals surface area contributed by atoms with Crippen molar-refractivity contribution < 1.29 is 0 Å². The molecule has 17 heavy (non-hydrogen) atoms. The molecule has 0 fully saturated rings. The van der Waals surface area contributed by atoms with E-state index >= 15 is 0 Å². The molecule has 1 N–H and O–H groups in total. The SMILES string of the molecule is CCNCc1cn(-c2ccn(C(C)C)n2)cn1. The molecular formula is C12H19N5. The minimum Gasteiger partial charge on any atom is -0.311 e. The number of aromatic nitrogens is 4. The van der Waals surface area contributed by atoms with Crippen molar-refractivity contribution in [2.75, 3.05) is 6.54 Å². The number of hydrogen-bond acceptors (Lipinski definition) is 3. The fourth-order valence-corrected chi connectivity index (χ4v) is 1.59. The van der Waals surface area contributed by atoms with E-state index in [1.165, 1.54) is 0 Å². The molecule has 0 atom stereocenters. The Morgan fingerprint density at radius 3 is 2.88 bits per heavy atom. The van der Waals surface area contributed by atoms with Gasteiger partial charge >= 0.3 is 0 Å². The molecule has 0 amide bonds. The maximum atomic E-state index is 4.49. The highest BCUT2D eigenvalue weighted by molar-refractivity contribution is 5.21. The molecule has 0 aromatic carbocycles. The lowest BCUT2D eigenvalue weighted by molar-refractivity contribution is 0.529. The van der Waals surface area contributed by atoms with Crippen LogP contribution in [0.3, 0.4) is 0 Å². The quantitative estimate of drug-likeness (QED) is 0.856. The third-order valence-electron chi connectivity index (χ3n) is 2.58. The second-order valence-corrected chi connectivity index (χ2v) is 4.30. The van der Waals surface area contributed by atoms with Gasteiger partial charge in [0.2, 0.25) is 0 Å². The molecule has 0 aliphatic heterocycles. The Labute approximate surface area is 101 Å². The molecule has 0 unspecified atom stereocenters. The van der Waals surface area contributed by atoms with Crippen LogP contribution in [-0.4, -0.2) is 25.9 Å². The Morgan fingerprint density at radius 2 is 2.24 bits per heavy atom. The Kier molecular flexibility index (Phi) is 3.58. The zero-order valence-corrected chi connectivity index (χ0v) is 10.6. The molecule has 5 nitrogen and oxygen atoms in total. The molecular weight excluding hydrogens is 214 g/mol. The Balaban J connectivity index is 2.13. The van der Waals surface area contributed by atoms with Gasteiger partial charge in [-0.3, -0.25) is 9.25 Å². The first-order chi connectivity index (χ1) is 8.20. The fraction of sp³-hybridized carbons (Fsp3) is 0.500. The molecule has 2 aromatic heterocycles. The zero-order chi connectivity index (χ0) is 12.3. The van der Waals surface area contributed by atoms with E-state index in [1.807, 2.05) is 27.7 Å². The van der Waals surface area contributed by atoms with Crippen molar-refractivity contribution in [3.8, 4) is 5.82 Å². The molecule has 0 aliphatic rings. The molecule has 0 aliphatic carbocycles. The van der Waals surface area contributed by atoms with E-state index in [-0.39, 0.29) is 0 Å². The third kappa shape index (κ3) is 2.74. The van der Waals surface area contributed by atoms with Gasteiger partial charge in [0.05, 0.1) is 5.69 Å². The summed E-state index contributed by atoms with van der Waals surface area (Å²) in [6.07, 6.45) is 5.80. The summed E-state index contributed by atoms with van der Waals surface area (Å²) in [5.41, 5.74) is 1.03. The van der Waals surface area contributed by atoms with Crippen LogP contribution in [0.5, 0.6) is 0 Å². The van der Waals surface area contributed by atoms with Gasteiger partial charge < -0.3 is 5.32 Å². The largest absolute Gasteiger partial charge is 0.311 e. The van der Waals surface area contributed by atoms with Crippen molar-refractivity contribution in [1.29, 1.82) is 0 Å². The Bertz CT molecular complexity index is 469. The van der Waals surface area contributed by atoms with Gasteiger partial charge in [-0.1, -0.05) is 6.92 Å². The van der Waals surface area contributed by atoms with Crippen molar-refractivity contribution in [1.82, 2.24) is 24.6 Å². The molecule has 0 saturated carbocycles. The summed E-state index contributed by atoms with van der Waals surface area (Å²) in [6.45, 7) is 8.06. The van der Waals surface area contributed by atoms with Gasteiger partial charge in [-0.25, -0.2) is 4.98 Å². The average Bonchev–Trinajstić information content (AvgIpc) is 2.94. The first-order valence-electron chi connectivity index (χ1n) is 5.99. The van der Waals surface area contributed by atoms with Crippen LogP contribution in [0.4, 0.5) is 0 Å². The van der Waals surface area contributed by atoms with Gasteiger partial charge in [0.25, 0.3) is 0 Å². The summed E-state index contributed by atoms with van der Waals surface area (Å²) >= 11 is 0. The van der Waals surface area contributed by atoms with E-state index in [1.54, 1.807) is 6.33 Å². The van der Waals surface area contributed by atoms with Crippen molar-refractivity contribution in [3.05, 3.63) is 30.5 Å². The van der Waals surface area contributed by atoms with Gasteiger partial charge in [-0.2, -0.15) is 5.10 Å². The van der Waals surface area contributed by atoms with Crippen LogP contribution in [0, 0.1) is 0 Å². The van der Waals surface area contributed by atoms with Crippen LogP contribution < -0.4 is 5.32 Å². The molecule has 0 spiro atoms. The van der Waals surface area contributed by atoms with Gasteiger partial charge in [0.15, 0.2) is 5.82 Å². The van der Waals surface area contributed by atoms with E-state index in [2.05, 4.69) is 36.2 Å². The molecule has 2 aromatic rings. The number of rotatable bonds is 5. The highest BCUT2D eigenvalue weighted by atomic mass is 15.3. The predicted molar refractivity (Wildman–Crippen MR) is 67.1 cm³/mol. The zero-order valence-electron chi connectivity index (χ0n) is 10.6. The monoisotopic (exact) mass is 233 g/mol. The van der Waals surface area contributed by atoms with Crippen molar-refractivity contribution >= 4 is 0 Å². The molecule has 2 rings (SSSR count). The smallest absolute Gasteiger partial charge is 0.159 e. The van der Waals surface area contributed by atoms with E-state index in [9.17, 15) is 0 Å². The Morgan fingerprint density at radius 1 is 1.41 bits per heavy atom. The maximum absolute atomic E-state index is 4.49. The predicted octanol–water partition coefficient (Wildman–Crippen LogP) is 1.76. The highest BCUT2D eigenvalue weighted by Crippen LogP contribution is 2.09. The van der Waals surface area contributed by atoms with Crippen LogP contribution in [0.25, 0.3) is 5.82 Å². The second kappa shape index (κ2) is 5.14. The van der Waals surface area contributed by atoms with Gasteiger partial charge in [-0.05, 0) is 20.4 Å². The molecule has 0 radical (unpaired) electrons. The average molecular weight is 233 g/mol. The van der Waals surface area contributed by atoms with Crippen LogP contribution in [0.1, 0.15) is 32.5 Å². The molecule has 0 bridgehead atoms. The van der Waals surface area contributed by atoms with E-state index in [4.69, 9.17) is 0 Å². The maximum Gasteiger partial charge on any atom is 0.159 e. The van der Waals surface area contributed by atoms with Crippen LogP contribution in [0.15, 0.2) is 24.8 Å². The van der Waals surface area contributed by atoms with Crippen LogP contribution >= 0.6 is 0 Å². The second-order valence-electron chi connectivity index (χ2n) is 4.30. The van der Waals surface area contributed by atoms with Crippen molar-refractivity contribution in [2.24, 2.45) is 0 Å². The standard InChI is InChI=1S/C12H19N5/c1-4-13-7-11-8-16(9-14-11)12-5-6-17(15-12)10(2)3/h5-6,8-10,13H,4,7H2,1-3H3. The van der Waals surface area contributed by atoms with Gasteiger partial charge in [0, 0.05) is 31.0 Å². The molecule has 92 valence electrons. The topological polar surface area (TPSA) is 47.7 Å². The van der Waals surface area contributed by atoms with Gasteiger partial charge in [0.1, 0.15) is 6.33 Å². The minimum absolute atomic E-state index is 0.383. The fourth-order valence-electron chi connectivity index (χ4n) is 1.59. The first-order valence-corrected chi connectivity index (χ1v) is 5.99. The number of hydrogen-bond donors (Lipinski definition) is 1. The lowest BCUT2D eigenvalue weighted by atomic mass is 10.4. The molecule has 2 heterocycles. The van der Waals surface area contributed by atoms with Crippen LogP contribution in [-0.2, 0) is 6.54 Å². The minimum atomic E-state index is 0.383.